The molecule has 0 bridgehead atoms. The molecule has 1 atom stereocenters. The summed E-state index contributed by atoms with van der Waals surface area (Å²) in [6, 6.07) is 0. The molecule has 1 aliphatic rings. The van der Waals surface area contributed by atoms with Crippen LogP contribution in [0.2, 0.25) is 16.6 Å². The van der Waals surface area contributed by atoms with Crippen LogP contribution in [0.3, 0.4) is 0 Å². The quantitative estimate of drug-likeness (QED) is 0.645. The van der Waals surface area contributed by atoms with E-state index in [1.165, 1.54) is 19.3 Å². The molecular formula is C14H30OSi. The van der Waals surface area contributed by atoms with Crippen LogP contribution in [0.5, 0.6) is 0 Å². The van der Waals surface area contributed by atoms with Crippen molar-refractivity contribution in [1.29, 1.82) is 0 Å². The fourth-order valence-corrected chi connectivity index (χ4v) is 11.6. The Kier molecular flexibility index (Phi) is 5.05. The molecule has 0 radical (unpaired) electrons. The van der Waals surface area contributed by atoms with Crippen LogP contribution in [0.25, 0.3) is 0 Å². The van der Waals surface area contributed by atoms with Crippen molar-refractivity contribution in [3.63, 3.8) is 0 Å². The molecule has 0 aliphatic carbocycles. The van der Waals surface area contributed by atoms with Crippen LogP contribution in [0.15, 0.2) is 0 Å². The van der Waals surface area contributed by atoms with Crippen molar-refractivity contribution in [2.24, 2.45) is 0 Å². The smallest absolute Gasteiger partial charge is 0.0951 e. The molecule has 0 aromatic rings. The van der Waals surface area contributed by atoms with Gasteiger partial charge in [-0.3, -0.25) is 0 Å². The van der Waals surface area contributed by atoms with Crippen molar-refractivity contribution in [2.75, 3.05) is 6.61 Å². The highest BCUT2D eigenvalue weighted by atomic mass is 28.3. The second-order valence-electron chi connectivity index (χ2n) is 6.32. The Hall–Kier alpha value is 0.177. The Morgan fingerprint density at radius 3 is 1.69 bits per heavy atom. The minimum absolute atomic E-state index is 0.612. The van der Waals surface area contributed by atoms with E-state index >= 15 is 0 Å². The summed E-state index contributed by atoms with van der Waals surface area (Å²) in [5.41, 5.74) is 3.10. The SMILES string of the molecule is CC(C)[Si](C(C)C)(C(C)C)C1CCCCO1. The van der Waals surface area contributed by atoms with Crippen molar-refractivity contribution in [3.05, 3.63) is 0 Å². The maximum atomic E-state index is 6.19. The normalized spacial score (nSPS) is 23.4. The van der Waals surface area contributed by atoms with Crippen molar-refractivity contribution in [2.45, 2.75) is 83.2 Å². The lowest BCUT2D eigenvalue weighted by atomic mass is 10.2. The maximum Gasteiger partial charge on any atom is 0.0951 e. The summed E-state index contributed by atoms with van der Waals surface area (Å²) in [5, 5.41) is 0. The van der Waals surface area contributed by atoms with E-state index in [-0.39, 0.29) is 0 Å². The van der Waals surface area contributed by atoms with Gasteiger partial charge >= 0.3 is 0 Å². The van der Waals surface area contributed by atoms with E-state index in [9.17, 15) is 0 Å². The summed E-state index contributed by atoms with van der Waals surface area (Å²) in [6.45, 7) is 15.6. The summed E-state index contributed by atoms with van der Waals surface area (Å²) in [5.74, 6) is 0. The third-order valence-electron chi connectivity index (χ3n) is 4.74. The summed E-state index contributed by atoms with van der Waals surface area (Å²) in [6.07, 6.45) is 3.97. The number of ether oxygens (including phenoxy) is 1. The number of rotatable bonds is 4. The second kappa shape index (κ2) is 5.68. The molecule has 0 N–H and O–H groups in total. The van der Waals surface area contributed by atoms with Crippen LogP contribution < -0.4 is 0 Å². The van der Waals surface area contributed by atoms with E-state index in [1.807, 2.05) is 0 Å². The van der Waals surface area contributed by atoms with E-state index < -0.39 is 8.07 Å². The van der Waals surface area contributed by atoms with Gasteiger partial charge in [0.25, 0.3) is 0 Å². The van der Waals surface area contributed by atoms with Crippen LogP contribution >= 0.6 is 0 Å². The lowest BCUT2D eigenvalue weighted by Crippen LogP contribution is -2.57. The Bertz CT molecular complexity index is 183. The molecule has 1 aliphatic heterocycles. The maximum absolute atomic E-state index is 6.19. The standard InChI is InChI=1S/C14H30OSi/c1-11(2)16(12(3)4,13(5)6)14-9-7-8-10-15-14/h11-14H,7-10H2,1-6H3. The molecular weight excluding hydrogens is 212 g/mol. The molecule has 1 fully saturated rings. The fourth-order valence-electron chi connectivity index (χ4n) is 4.25. The van der Waals surface area contributed by atoms with Crippen LogP contribution in [0.1, 0.15) is 60.8 Å². The van der Waals surface area contributed by atoms with Gasteiger partial charge in [0, 0.05) is 12.3 Å². The predicted molar refractivity (Wildman–Crippen MR) is 74.6 cm³/mol. The van der Waals surface area contributed by atoms with Crippen LogP contribution in [-0.4, -0.2) is 20.4 Å². The average Bonchev–Trinajstić information content (AvgIpc) is 2.18. The van der Waals surface area contributed by atoms with Crippen molar-refractivity contribution in [1.82, 2.24) is 0 Å². The molecule has 1 nitrogen and oxygen atoms in total. The van der Waals surface area contributed by atoms with Gasteiger partial charge in [-0.05, 0) is 35.9 Å². The molecule has 1 saturated heterocycles. The highest BCUT2D eigenvalue weighted by molar-refractivity contribution is 6.84. The predicted octanol–water partition coefficient (Wildman–Crippen LogP) is 4.77. The van der Waals surface area contributed by atoms with E-state index in [0.29, 0.717) is 5.73 Å². The minimum Gasteiger partial charge on any atom is -0.382 e. The summed E-state index contributed by atoms with van der Waals surface area (Å²) >= 11 is 0. The second-order valence-corrected chi connectivity index (χ2v) is 12.4. The first-order valence-electron chi connectivity index (χ1n) is 7.05. The van der Waals surface area contributed by atoms with Gasteiger partial charge in [0.1, 0.15) is 0 Å². The zero-order valence-electron chi connectivity index (χ0n) is 12.0. The molecule has 2 heteroatoms. The summed E-state index contributed by atoms with van der Waals surface area (Å²) < 4.78 is 6.19. The van der Waals surface area contributed by atoms with Crippen molar-refractivity contribution in [3.8, 4) is 0 Å². The first-order chi connectivity index (χ1) is 7.44. The topological polar surface area (TPSA) is 9.23 Å². The van der Waals surface area contributed by atoms with E-state index in [2.05, 4.69) is 41.5 Å². The van der Waals surface area contributed by atoms with Gasteiger partial charge in [-0.25, -0.2) is 0 Å². The Labute approximate surface area is 103 Å². The summed E-state index contributed by atoms with van der Waals surface area (Å²) in [7, 11) is -1.35. The third-order valence-corrected chi connectivity index (χ3v) is 12.3. The van der Waals surface area contributed by atoms with Crippen LogP contribution in [0.4, 0.5) is 0 Å². The van der Waals surface area contributed by atoms with Gasteiger partial charge in [0.2, 0.25) is 0 Å². The molecule has 1 rings (SSSR count). The average molecular weight is 242 g/mol. The molecule has 0 spiro atoms. The highest BCUT2D eigenvalue weighted by Gasteiger charge is 2.49. The molecule has 0 amide bonds. The minimum atomic E-state index is -1.35. The largest absolute Gasteiger partial charge is 0.382 e. The van der Waals surface area contributed by atoms with Gasteiger partial charge in [0.15, 0.2) is 0 Å². The van der Waals surface area contributed by atoms with Gasteiger partial charge in [-0.2, -0.15) is 0 Å². The first kappa shape index (κ1) is 14.2. The Balaban J connectivity index is 2.99. The fraction of sp³-hybridized carbons (Fsp3) is 1.00. The molecule has 96 valence electrons. The zero-order valence-corrected chi connectivity index (χ0v) is 13.0. The summed E-state index contributed by atoms with van der Waals surface area (Å²) in [4.78, 5) is 0. The van der Waals surface area contributed by atoms with E-state index in [1.54, 1.807) is 0 Å². The molecule has 0 aromatic heterocycles. The lowest BCUT2D eigenvalue weighted by molar-refractivity contribution is 0.0560. The number of hydrogen-bond acceptors (Lipinski definition) is 1. The van der Waals surface area contributed by atoms with Gasteiger partial charge in [-0.1, -0.05) is 41.5 Å². The van der Waals surface area contributed by atoms with Crippen LogP contribution in [0, 0.1) is 0 Å². The lowest BCUT2D eigenvalue weighted by Gasteiger charge is -2.49. The number of hydrogen-bond donors (Lipinski definition) is 0. The molecule has 1 heterocycles. The molecule has 0 saturated carbocycles. The van der Waals surface area contributed by atoms with E-state index in [4.69, 9.17) is 4.74 Å². The molecule has 1 unspecified atom stereocenters. The van der Waals surface area contributed by atoms with Gasteiger partial charge in [-0.15, -0.1) is 0 Å². The Morgan fingerprint density at radius 1 is 0.875 bits per heavy atom. The van der Waals surface area contributed by atoms with E-state index in [0.717, 1.165) is 23.2 Å². The monoisotopic (exact) mass is 242 g/mol. The zero-order chi connectivity index (χ0) is 12.3. The van der Waals surface area contributed by atoms with Crippen molar-refractivity contribution < 1.29 is 4.74 Å². The van der Waals surface area contributed by atoms with Gasteiger partial charge in [0.05, 0.1) is 8.07 Å². The van der Waals surface area contributed by atoms with Crippen LogP contribution in [-0.2, 0) is 4.74 Å². The first-order valence-corrected chi connectivity index (χ1v) is 9.36. The molecule has 16 heavy (non-hydrogen) atoms. The highest BCUT2D eigenvalue weighted by Crippen LogP contribution is 2.46. The molecule has 0 aromatic carbocycles. The van der Waals surface area contributed by atoms with Crippen molar-refractivity contribution >= 4 is 8.07 Å². The third kappa shape index (κ3) is 2.38. The Morgan fingerprint density at radius 2 is 1.38 bits per heavy atom. The van der Waals surface area contributed by atoms with Gasteiger partial charge < -0.3 is 4.74 Å².